The van der Waals surface area contributed by atoms with E-state index in [2.05, 4.69) is 0 Å². The molecule has 3 aromatic rings. The molecule has 0 saturated carbocycles. The van der Waals surface area contributed by atoms with Crippen LogP contribution in [0.25, 0.3) is 22.3 Å². The van der Waals surface area contributed by atoms with E-state index in [0.717, 1.165) is 22.2 Å². The number of esters is 1. The van der Waals surface area contributed by atoms with Crippen molar-refractivity contribution in [1.82, 2.24) is 9.55 Å². The first-order valence-electron chi connectivity index (χ1n) is 10.8. The molecule has 0 fully saturated rings. The van der Waals surface area contributed by atoms with Crippen molar-refractivity contribution in [3.63, 3.8) is 0 Å². The molecule has 1 aromatic carbocycles. The molecular weight excluding hydrogens is 412 g/mol. The van der Waals surface area contributed by atoms with Gasteiger partial charge in [-0.2, -0.15) is 0 Å². The molecular formula is C24H24N2O6. The summed E-state index contributed by atoms with van der Waals surface area (Å²) in [5.74, 6) is 0.875. The Hall–Kier alpha value is -3.39. The standard InChI is InChI=1S/C22H18N2O6.C2H6/c1-3-22(27-2)14-6-16-19-12(8-24(16)20(25)13(14)9-28-21(22)26)4-11-5-17-18(30-10-29-17)7-15(11)23-19;1-2/h4-7H,3,8-10H2,1-2H3;1-2H3. The van der Waals surface area contributed by atoms with Gasteiger partial charge in [0.15, 0.2) is 17.1 Å². The molecule has 1 atom stereocenters. The second-order valence-corrected chi connectivity index (χ2v) is 7.67. The van der Waals surface area contributed by atoms with E-state index in [1.54, 1.807) is 4.57 Å². The number of cyclic esters (lactones) is 1. The van der Waals surface area contributed by atoms with Gasteiger partial charge in [0.25, 0.3) is 5.56 Å². The van der Waals surface area contributed by atoms with Gasteiger partial charge in [-0.3, -0.25) is 4.79 Å². The highest BCUT2D eigenvalue weighted by atomic mass is 16.7. The van der Waals surface area contributed by atoms with Crippen LogP contribution < -0.4 is 15.0 Å². The average Bonchev–Trinajstić information content (AvgIpc) is 3.42. The highest BCUT2D eigenvalue weighted by molar-refractivity contribution is 5.88. The predicted octanol–water partition coefficient (Wildman–Crippen LogP) is 3.49. The molecule has 166 valence electrons. The molecule has 0 spiro atoms. The number of hydrogen-bond acceptors (Lipinski definition) is 7. The zero-order chi connectivity index (χ0) is 22.6. The number of methoxy groups -OCH3 is 1. The molecule has 8 nitrogen and oxygen atoms in total. The van der Waals surface area contributed by atoms with E-state index in [1.807, 2.05) is 45.0 Å². The van der Waals surface area contributed by atoms with E-state index >= 15 is 0 Å². The van der Waals surface area contributed by atoms with Crippen LogP contribution in [-0.2, 0) is 33.0 Å². The van der Waals surface area contributed by atoms with Crippen molar-refractivity contribution in [1.29, 1.82) is 0 Å². The summed E-state index contributed by atoms with van der Waals surface area (Å²) in [5, 5.41) is 0.918. The van der Waals surface area contributed by atoms with Gasteiger partial charge < -0.3 is 23.5 Å². The quantitative estimate of drug-likeness (QED) is 0.445. The monoisotopic (exact) mass is 436 g/mol. The van der Waals surface area contributed by atoms with E-state index in [9.17, 15) is 9.59 Å². The maximum absolute atomic E-state index is 13.3. The van der Waals surface area contributed by atoms with E-state index in [0.29, 0.717) is 41.3 Å². The number of benzene rings is 1. The Bertz CT molecular complexity index is 1320. The Morgan fingerprint density at radius 1 is 1.09 bits per heavy atom. The maximum atomic E-state index is 13.3. The van der Waals surface area contributed by atoms with Crippen molar-refractivity contribution in [2.24, 2.45) is 0 Å². The minimum atomic E-state index is -1.28. The van der Waals surface area contributed by atoms with Crippen LogP contribution >= 0.6 is 0 Å². The van der Waals surface area contributed by atoms with Gasteiger partial charge in [-0.1, -0.05) is 20.8 Å². The first kappa shape index (κ1) is 20.5. The fourth-order valence-electron chi connectivity index (χ4n) is 4.70. The van der Waals surface area contributed by atoms with Crippen molar-refractivity contribution in [2.45, 2.75) is 45.9 Å². The van der Waals surface area contributed by atoms with Crippen LogP contribution in [0.5, 0.6) is 11.5 Å². The Balaban J connectivity index is 0.00000105. The minimum Gasteiger partial charge on any atom is -0.458 e. The van der Waals surface area contributed by atoms with Gasteiger partial charge in [0.05, 0.1) is 29.0 Å². The molecule has 1 unspecified atom stereocenters. The fourth-order valence-corrected chi connectivity index (χ4v) is 4.70. The Morgan fingerprint density at radius 3 is 2.56 bits per heavy atom. The van der Waals surface area contributed by atoms with E-state index in [4.69, 9.17) is 23.9 Å². The van der Waals surface area contributed by atoms with Crippen molar-refractivity contribution in [2.75, 3.05) is 13.9 Å². The molecule has 0 N–H and O–H groups in total. The van der Waals surface area contributed by atoms with E-state index in [-0.39, 0.29) is 19.0 Å². The lowest BCUT2D eigenvalue weighted by Crippen LogP contribution is -2.45. The molecule has 8 heteroatoms. The summed E-state index contributed by atoms with van der Waals surface area (Å²) in [6.45, 7) is 6.40. The van der Waals surface area contributed by atoms with Gasteiger partial charge >= 0.3 is 5.97 Å². The summed E-state index contributed by atoms with van der Waals surface area (Å²) in [5.41, 5.74) is 2.66. The lowest BCUT2D eigenvalue weighted by molar-refractivity contribution is -0.176. The summed E-state index contributed by atoms with van der Waals surface area (Å²) >= 11 is 0. The van der Waals surface area contributed by atoms with Crippen LogP contribution in [-0.4, -0.2) is 29.4 Å². The molecule has 0 bridgehead atoms. The lowest BCUT2D eigenvalue weighted by atomic mass is 9.85. The Labute approximate surface area is 184 Å². The maximum Gasteiger partial charge on any atom is 0.343 e. The summed E-state index contributed by atoms with van der Waals surface area (Å²) in [6.07, 6.45) is 0.361. The van der Waals surface area contributed by atoms with Gasteiger partial charge in [-0.05, 0) is 24.6 Å². The molecule has 0 amide bonds. The van der Waals surface area contributed by atoms with Gasteiger partial charge in [0, 0.05) is 29.7 Å². The highest BCUT2D eigenvalue weighted by Crippen LogP contribution is 2.42. The normalized spacial score (nSPS) is 19.6. The van der Waals surface area contributed by atoms with Gasteiger partial charge in [-0.15, -0.1) is 0 Å². The first-order chi connectivity index (χ1) is 15.6. The molecule has 0 aliphatic carbocycles. The van der Waals surface area contributed by atoms with Gasteiger partial charge in [0.1, 0.15) is 6.61 Å². The molecule has 32 heavy (non-hydrogen) atoms. The number of nitrogens with zero attached hydrogens (tertiary/aromatic N) is 2. The van der Waals surface area contributed by atoms with Crippen LogP contribution in [0.15, 0.2) is 29.1 Å². The van der Waals surface area contributed by atoms with Crippen molar-refractivity contribution in [3.8, 4) is 22.9 Å². The third-order valence-electron chi connectivity index (χ3n) is 6.32. The lowest BCUT2D eigenvalue weighted by Gasteiger charge is -2.34. The fraction of sp³-hybridized carbons (Fsp3) is 0.375. The highest BCUT2D eigenvalue weighted by Gasteiger charge is 2.47. The molecule has 0 radical (unpaired) electrons. The summed E-state index contributed by atoms with van der Waals surface area (Å²) in [7, 11) is 1.47. The second-order valence-electron chi connectivity index (χ2n) is 7.67. The molecule has 3 aliphatic heterocycles. The third-order valence-corrected chi connectivity index (χ3v) is 6.32. The molecule has 6 rings (SSSR count). The minimum absolute atomic E-state index is 0.0501. The number of carbonyl (C=O) groups is 1. The summed E-state index contributed by atoms with van der Waals surface area (Å²) in [4.78, 5) is 30.7. The van der Waals surface area contributed by atoms with Gasteiger partial charge in [0.2, 0.25) is 6.79 Å². The summed E-state index contributed by atoms with van der Waals surface area (Å²) < 4.78 is 23.5. The Morgan fingerprint density at radius 2 is 1.84 bits per heavy atom. The smallest absolute Gasteiger partial charge is 0.343 e. The number of fused-ring (bicyclic) bond motifs is 6. The number of carbonyl (C=O) groups excluding carboxylic acids is 1. The number of ether oxygens (including phenoxy) is 4. The van der Waals surface area contributed by atoms with Crippen LogP contribution in [0.2, 0.25) is 0 Å². The van der Waals surface area contributed by atoms with E-state index in [1.165, 1.54) is 7.11 Å². The van der Waals surface area contributed by atoms with E-state index < -0.39 is 11.6 Å². The predicted molar refractivity (Wildman–Crippen MR) is 117 cm³/mol. The van der Waals surface area contributed by atoms with Crippen molar-refractivity contribution < 1.29 is 23.7 Å². The second kappa shape index (κ2) is 7.34. The number of hydrogen-bond donors (Lipinski definition) is 0. The summed E-state index contributed by atoms with van der Waals surface area (Å²) in [6, 6.07) is 7.64. The van der Waals surface area contributed by atoms with Crippen LogP contribution in [0.3, 0.4) is 0 Å². The first-order valence-corrected chi connectivity index (χ1v) is 10.8. The topological polar surface area (TPSA) is 88.9 Å². The average molecular weight is 436 g/mol. The molecule has 2 aromatic heterocycles. The van der Waals surface area contributed by atoms with Crippen LogP contribution in [0, 0.1) is 0 Å². The number of rotatable bonds is 2. The zero-order valence-corrected chi connectivity index (χ0v) is 18.5. The zero-order valence-electron chi connectivity index (χ0n) is 18.5. The molecule has 3 aliphatic rings. The van der Waals surface area contributed by atoms with Crippen LogP contribution in [0.4, 0.5) is 0 Å². The third kappa shape index (κ3) is 2.62. The number of aromatic nitrogens is 2. The SMILES string of the molecule is CC.CCC1(OC)C(=O)OCc2c1cc1n(c2=O)Cc2cc3cc4c(cc3nc2-1)OCO4. The van der Waals surface area contributed by atoms with Gasteiger partial charge in [-0.25, -0.2) is 9.78 Å². The Kier molecular flexibility index (Phi) is 4.70. The van der Waals surface area contributed by atoms with Crippen molar-refractivity contribution in [3.05, 3.63) is 51.3 Å². The molecule has 0 saturated heterocycles. The largest absolute Gasteiger partial charge is 0.458 e. The molecule has 5 heterocycles. The van der Waals surface area contributed by atoms with Crippen LogP contribution in [0.1, 0.15) is 43.9 Å². The number of pyridine rings is 2. The van der Waals surface area contributed by atoms with Crippen molar-refractivity contribution >= 4 is 16.9 Å².